The monoisotopic (exact) mass is 601 g/mol. The molecule has 1 amide bonds. The molecule has 9 atom stereocenters. The van der Waals surface area contributed by atoms with Crippen LogP contribution in [0.3, 0.4) is 0 Å². The van der Waals surface area contributed by atoms with E-state index in [-0.39, 0.29) is 44.5 Å². The van der Waals surface area contributed by atoms with Crippen molar-refractivity contribution in [3.05, 3.63) is 11.6 Å². The van der Waals surface area contributed by atoms with E-state index in [1.807, 2.05) is 6.26 Å². The number of hydrogen-bond acceptors (Lipinski definition) is 4. The Kier molecular flexibility index (Phi) is 8.34. The Morgan fingerprint density at radius 3 is 2.33 bits per heavy atom. The minimum Gasteiger partial charge on any atom is -0.480 e. The van der Waals surface area contributed by atoms with Gasteiger partial charge in [0.25, 0.3) is 0 Å². The number of aliphatic carboxylic acids is 1. The molecule has 4 saturated carbocycles. The first-order chi connectivity index (χ1) is 19.5. The van der Waals surface area contributed by atoms with Crippen LogP contribution in [-0.4, -0.2) is 46.2 Å². The third kappa shape index (κ3) is 4.92. The van der Waals surface area contributed by atoms with Crippen LogP contribution in [0.4, 0.5) is 0 Å². The Morgan fingerprint density at radius 1 is 0.976 bits per heavy atom. The van der Waals surface area contributed by atoms with E-state index in [4.69, 9.17) is 0 Å². The zero-order valence-electron chi connectivity index (χ0n) is 27.8. The van der Waals surface area contributed by atoms with Crippen LogP contribution >= 0.6 is 11.8 Å². The van der Waals surface area contributed by atoms with Crippen molar-refractivity contribution in [2.75, 3.05) is 12.0 Å². The summed E-state index contributed by atoms with van der Waals surface area (Å²) in [5.41, 5.74) is 2.25. The largest absolute Gasteiger partial charge is 0.480 e. The van der Waals surface area contributed by atoms with E-state index < -0.39 is 12.0 Å². The number of carbonyl (C=O) groups excluding carboxylic acids is 1. The molecular formula is C36H59NO4S. The summed E-state index contributed by atoms with van der Waals surface area (Å²) < 4.78 is 0. The number of rotatable bonds is 7. The van der Waals surface area contributed by atoms with E-state index in [1.54, 1.807) is 17.3 Å². The minimum absolute atomic E-state index is 0.0503. The molecule has 5 rings (SSSR count). The van der Waals surface area contributed by atoms with Gasteiger partial charge in [0, 0.05) is 6.42 Å². The molecule has 238 valence electrons. The topological polar surface area (TPSA) is 86.6 Å². The number of thioether (sulfide) groups is 1. The van der Waals surface area contributed by atoms with E-state index in [1.165, 1.54) is 12.8 Å². The van der Waals surface area contributed by atoms with E-state index >= 15 is 0 Å². The van der Waals surface area contributed by atoms with Gasteiger partial charge in [-0.3, -0.25) is 4.79 Å². The number of fused-ring (bicyclic) bond motifs is 7. The van der Waals surface area contributed by atoms with Crippen LogP contribution in [0.1, 0.15) is 126 Å². The summed E-state index contributed by atoms with van der Waals surface area (Å²) in [5.74, 6) is 1.23. The van der Waals surface area contributed by atoms with Crippen LogP contribution in [0, 0.1) is 50.2 Å². The second-order valence-corrected chi connectivity index (χ2v) is 18.4. The van der Waals surface area contributed by atoms with Gasteiger partial charge < -0.3 is 15.5 Å². The molecule has 0 aromatic carbocycles. The first-order valence-corrected chi connectivity index (χ1v) is 18.2. The lowest BCUT2D eigenvalue weighted by atomic mass is 9.33. The number of aliphatic hydroxyl groups is 1. The summed E-state index contributed by atoms with van der Waals surface area (Å²) in [7, 11) is 0. The van der Waals surface area contributed by atoms with Crippen molar-refractivity contribution in [3.8, 4) is 0 Å². The normalized spacial score (nSPS) is 44.4. The maximum Gasteiger partial charge on any atom is 0.326 e. The number of carboxylic acids is 1. The number of allylic oxidation sites excluding steroid dienone is 2. The lowest BCUT2D eigenvalue weighted by Gasteiger charge is -2.71. The van der Waals surface area contributed by atoms with Gasteiger partial charge in [0.05, 0.1) is 6.10 Å². The third-order valence-corrected chi connectivity index (χ3v) is 15.2. The Bertz CT molecular complexity index is 1120. The van der Waals surface area contributed by atoms with Crippen LogP contribution in [0.2, 0.25) is 0 Å². The zero-order chi connectivity index (χ0) is 30.9. The Balaban J connectivity index is 1.48. The van der Waals surface area contributed by atoms with E-state index in [9.17, 15) is 19.8 Å². The van der Waals surface area contributed by atoms with Gasteiger partial charge in [-0.25, -0.2) is 4.79 Å². The SMILES string of the molecule is CSCCC(NC(=O)C[C@]12CCC(C)(C)C[C@H]1C1=CC[C@@H]3[C@@]4(C)CC[C@H](O)C(C)(C)[C@@H]4CC[C@@]3(C)[C@]1(C)CC2)C(=O)O. The van der Waals surface area contributed by atoms with Crippen LogP contribution in [0.5, 0.6) is 0 Å². The second-order valence-electron chi connectivity index (χ2n) is 17.4. The lowest BCUT2D eigenvalue weighted by Crippen LogP contribution is -2.64. The molecule has 3 N–H and O–H groups in total. The fourth-order valence-corrected chi connectivity index (χ4v) is 12.2. The van der Waals surface area contributed by atoms with Gasteiger partial charge in [0.15, 0.2) is 0 Å². The number of amides is 1. The first kappa shape index (κ1) is 32.4. The average Bonchev–Trinajstić information content (AvgIpc) is 2.89. The van der Waals surface area contributed by atoms with Crippen molar-refractivity contribution in [1.29, 1.82) is 0 Å². The predicted octanol–water partition coefficient (Wildman–Crippen LogP) is 7.86. The number of hydrogen-bond donors (Lipinski definition) is 3. The van der Waals surface area contributed by atoms with Crippen LogP contribution in [0.25, 0.3) is 0 Å². The molecule has 0 heterocycles. The van der Waals surface area contributed by atoms with E-state index in [0.717, 1.165) is 57.1 Å². The molecule has 0 aliphatic heterocycles. The van der Waals surface area contributed by atoms with Gasteiger partial charge in [-0.1, -0.05) is 60.1 Å². The summed E-state index contributed by atoms with van der Waals surface area (Å²) in [6.45, 7) is 17.2. The highest BCUT2D eigenvalue weighted by molar-refractivity contribution is 7.98. The first-order valence-electron chi connectivity index (χ1n) is 16.9. The summed E-state index contributed by atoms with van der Waals surface area (Å²) in [4.78, 5) is 25.5. The Labute approximate surface area is 259 Å². The summed E-state index contributed by atoms with van der Waals surface area (Å²) >= 11 is 1.62. The summed E-state index contributed by atoms with van der Waals surface area (Å²) in [6.07, 6.45) is 16.3. The summed E-state index contributed by atoms with van der Waals surface area (Å²) in [5, 5.41) is 23.7. The van der Waals surface area contributed by atoms with Gasteiger partial charge in [-0.05, 0) is 133 Å². The highest BCUT2D eigenvalue weighted by atomic mass is 32.2. The molecule has 0 bridgehead atoms. The number of carboxylic acid groups (broad SMARTS) is 1. The van der Waals surface area contributed by atoms with E-state index in [2.05, 4.69) is 59.9 Å². The molecule has 0 saturated heterocycles. The fourth-order valence-electron chi connectivity index (χ4n) is 11.7. The lowest BCUT2D eigenvalue weighted by molar-refractivity contribution is -0.203. The molecule has 0 spiro atoms. The molecule has 0 aromatic heterocycles. The van der Waals surface area contributed by atoms with Gasteiger partial charge in [-0.2, -0.15) is 11.8 Å². The molecule has 4 fully saturated rings. The quantitative estimate of drug-likeness (QED) is 0.259. The Hall–Kier alpha value is -1.01. The van der Waals surface area contributed by atoms with Crippen LogP contribution in [-0.2, 0) is 9.59 Å². The molecule has 5 aliphatic carbocycles. The van der Waals surface area contributed by atoms with E-state index in [0.29, 0.717) is 30.6 Å². The number of nitrogens with one attached hydrogen (secondary N) is 1. The smallest absolute Gasteiger partial charge is 0.326 e. The van der Waals surface area contributed by atoms with Crippen molar-refractivity contribution in [2.45, 2.75) is 138 Å². The maximum atomic E-state index is 13.6. The molecule has 6 heteroatoms. The Morgan fingerprint density at radius 2 is 1.67 bits per heavy atom. The molecule has 42 heavy (non-hydrogen) atoms. The van der Waals surface area contributed by atoms with Gasteiger partial charge in [0.1, 0.15) is 6.04 Å². The van der Waals surface area contributed by atoms with Crippen molar-refractivity contribution in [1.82, 2.24) is 5.32 Å². The van der Waals surface area contributed by atoms with Crippen molar-refractivity contribution in [2.24, 2.45) is 50.2 Å². The molecular weight excluding hydrogens is 542 g/mol. The van der Waals surface area contributed by atoms with Crippen molar-refractivity contribution < 1.29 is 19.8 Å². The highest BCUT2D eigenvalue weighted by Crippen LogP contribution is 2.76. The zero-order valence-corrected chi connectivity index (χ0v) is 28.6. The third-order valence-electron chi connectivity index (χ3n) is 14.5. The van der Waals surface area contributed by atoms with Crippen molar-refractivity contribution >= 4 is 23.6 Å². The average molecular weight is 602 g/mol. The number of carbonyl (C=O) groups is 2. The van der Waals surface area contributed by atoms with Gasteiger partial charge >= 0.3 is 5.97 Å². The molecule has 5 nitrogen and oxygen atoms in total. The van der Waals surface area contributed by atoms with Crippen molar-refractivity contribution in [3.63, 3.8) is 0 Å². The fraction of sp³-hybridized carbons (Fsp3) is 0.889. The highest BCUT2D eigenvalue weighted by Gasteiger charge is 2.68. The maximum absolute atomic E-state index is 13.6. The van der Waals surface area contributed by atoms with Gasteiger partial charge in [-0.15, -0.1) is 0 Å². The standard InChI is InChI=1S/C36H59NO4S/c1-31(2)16-18-36(22-29(39)37-25(30(40)41)13-20-42-8)19-17-34(6)23(24(36)21-31)9-10-27-33(5)14-12-28(38)32(3,4)26(33)11-15-35(27,34)7/h9,24-28,38H,10-22H2,1-8H3,(H,37,39)(H,40,41)/t24-,25?,26-,27+,28-,33-,34+,35+,36+/m0/s1. The van der Waals surface area contributed by atoms with Crippen LogP contribution < -0.4 is 5.32 Å². The minimum atomic E-state index is -0.927. The summed E-state index contributed by atoms with van der Waals surface area (Å²) in [6, 6.07) is -0.809. The molecule has 1 unspecified atom stereocenters. The molecule has 0 radical (unpaired) electrons. The van der Waals surface area contributed by atoms with Gasteiger partial charge in [0.2, 0.25) is 5.91 Å². The van der Waals surface area contributed by atoms with Crippen LogP contribution in [0.15, 0.2) is 11.6 Å². The molecule has 5 aliphatic rings. The second kappa shape index (κ2) is 10.8. The molecule has 0 aromatic rings. The number of aliphatic hydroxyl groups excluding tert-OH is 1. The predicted molar refractivity (Wildman–Crippen MR) is 172 cm³/mol.